The number of hydrogen-bond acceptors (Lipinski definition) is 4. The second-order valence-electron chi connectivity index (χ2n) is 8.78. The highest BCUT2D eigenvalue weighted by Gasteiger charge is 2.30. The quantitative estimate of drug-likeness (QED) is 0.409. The normalized spacial score (nSPS) is 14.5. The second-order valence-corrected chi connectivity index (χ2v) is 9.86. The first kappa shape index (κ1) is 26.0. The van der Waals surface area contributed by atoms with E-state index in [1.165, 1.54) is 43.0 Å². The van der Waals surface area contributed by atoms with E-state index >= 15 is 0 Å². The number of nitrogens with one attached hydrogen (secondary N) is 1. The molecular formula is C28H37N3O2S. The van der Waals surface area contributed by atoms with E-state index in [2.05, 4.69) is 24.1 Å². The summed E-state index contributed by atoms with van der Waals surface area (Å²) in [6, 6.07) is 15.9. The molecule has 1 aliphatic heterocycles. The van der Waals surface area contributed by atoms with Gasteiger partial charge in [-0.3, -0.25) is 14.5 Å². The zero-order valence-electron chi connectivity index (χ0n) is 20.7. The Morgan fingerprint density at radius 2 is 1.68 bits per heavy atom. The molecule has 5 nitrogen and oxygen atoms in total. The topological polar surface area (TPSA) is 52.7 Å². The van der Waals surface area contributed by atoms with Gasteiger partial charge in [-0.15, -0.1) is 0 Å². The minimum absolute atomic E-state index is 0.0194. The third-order valence-corrected chi connectivity index (χ3v) is 6.99. The average Bonchev–Trinajstić information content (AvgIpc) is 2.84. The average molecular weight is 480 g/mol. The van der Waals surface area contributed by atoms with Crippen LogP contribution in [0.2, 0.25) is 0 Å². The van der Waals surface area contributed by atoms with Gasteiger partial charge in [0.1, 0.15) is 6.54 Å². The summed E-state index contributed by atoms with van der Waals surface area (Å²) in [5, 5.41) is 3.03. The van der Waals surface area contributed by atoms with E-state index in [0.717, 1.165) is 35.8 Å². The third kappa shape index (κ3) is 7.47. The van der Waals surface area contributed by atoms with E-state index < -0.39 is 0 Å². The van der Waals surface area contributed by atoms with Gasteiger partial charge in [-0.2, -0.15) is 0 Å². The number of unbranched alkanes of at least 4 members (excludes halogenated alkanes) is 2. The number of benzene rings is 2. The molecule has 1 heterocycles. The van der Waals surface area contributed by atoms with Crippen molar-refractivity contribution < 1.29 is 9.59 Å². The Labute approximate surface area is 208 Å². The fourth-order valence-electron chi connectivity index (χ4n) is 3.89. The standard InChI is InChI=1S/C28H37N3O2S/c1-4-6-17-30(18-7-5-2)19-16-29-27(32)21-31-24-10-8-9-11-25(24)34-26(28(31)33)20-23-14-12-22(3)13-15-23/h8-15,20H,4-7,16-19,21H2,1-3H3,(H,29,32). The molecule has 3 rings (SSSR count). The zero-order valence-corrected chi connectivity index (χ0v) is 21.5. The molecule has 0 aromatic heterocycles. The fraction of sp³-hybridized carbons (Fsp3) is 0.429. The maximum Gasteiger partial charge on any atom is 0.265 e. The van der Waals surface area contributed by atoms with E-state index in [9.17, 15) is 9.59 Å². The minimum atomic E-state index is -0.132. The summed E-state index contributed by atoms with van der Waals surface area (Å²) in [5.74, 6) is -0.261. The number of anilines is 1. The van der Waals surface area contributed by atoms with Crippen LogP contribution in [0, 0.1) is 6.92 Å². The van der Waals surface area contributed by atoms with Gasteiger partial charge in [0, 0.05) is 18.0 Å². The molecule has 0 fully saturated rings. The Kier molecular flexibility index (Phi) is 10.2. The van der Waals surface area contributed by atoms with Crippen LogP contribution in [0.4, 0.5) is 5.69 Å². The Balaban J connectivity index is 1.66. The lowest BCUT2D eigenvalue weighted by Gasteiger charge is -2.30. The lowest BCUT2D eigenvalue weighted by atomic mass is 10.1. The van der Waals surface area contributed by atoms with Crippen molar-refractivity contribution >= 4 is 35.3 Å². The zero-order chi connectivity index (χ0) is 24.3. The Morgan fingerprint density at radius 3 is 2.35 bits per heavy atom. The molecule has 0 unspecified atom stereocenters. The monoisotopic (exact) mass is 479 g/mol. The number of fused-ring (bicyclic) bond motifs is 1. The first-order chi connectivity index (χ1) is 16.5. The van der Waals surface area contributed by atoms with Crippen molar-refractivity contribution in [2.24, 2.45) is 0 Å². The molecule has 0 aliphatic carbocycles. The van der Waals surface area contributed by atoms with Gasteiger partial charge in [-0.1, -0.05) is 80.4 Å². The first-order valence-corrected chi connectivity index (χ1v) is 13.2. The molecule has 0 saturated heterocycles. The van der Waals surface area contributed by atoms with Crippen molar-refractivity contribution in [3.63, 3.8) is 0 Å². The Bertz CT molecular complexity index is 979. The Hall–Kier alpha value is -2.57. The molecular weight excluding hydrogens is 442 g/mol. The highest BCUT2D eigenvalue weighted by molar-refractivity contribution is 8.04. The predicted octanol–water partition coefficient (Wildman–Crippen LogP) is 5.49. The molecule has 34 heavy (non-hydrogen) atoms. The summed E-state index contributed by atoms with van der Waals surface area (Å²) >= 11 is 1.46. The van der Waals surface area contributed by atoms with E-state index in [-0.39, 0.29) is 18.4 Å². The molecule has 2 aromatic rings. The number of carbonyl (C=O) groups excluding carboxylic acids is 2. The van der Waals surface area contributed by atoms with Gasteiger partial charge in [-0.25, -0.2) is 0 Å². The van der Waals surface area contributed by atoms with Crippen LogP contribution in [0.1, 0.15) is 50.7 Å². The summed E-state index contributed by atoms with van der Waals surface area (Å²) < 4.78 is 0. The van der Waals surface area contributed by atoms with Gasteiger partial charge in [0.05, 0.1) is 10.6 Å². The van der Waals surface area contributed by atoms with Crippen LogP contribution in [0.25, 0.3) is 6.08 Å². The van der Waals surface area contributed by atoms with Crippen LogP contribution >= 0.6 is 11.8 Å². The van der Waals surface area contributed by atoms with Crippen LogP contribution in [0.5, 0.6) is 0 Å². The summed E-state index contributed by atoms with van der Waals surface area (Å²) in [6.07, 6.45) is 6.59. The molecule has 0 atom stereocenters. The molecule has 1 N–H and O–H groups in total. The molecule has 0 bridgehead atoms. The summed E-state index contributed by atoms with van der Waals surface area (Å²) in [6.45, 7) is 10.0. The Morgan fingerprint density at radius 1 is 1.00 bits per heavy atom. The van der Waals surface area contributed by atoms with Crippen molar-refractivity contribution in [1.29, 1.82) is 0 Å². The van der Waals surface area contributed by atoms with Crippen molar-refractivity contribution in [1.82, 2.24) is 10.2 Å². The number of nitrogens with zero attached hydrogens (tertiary/aromatic N) is 2. The number of amides is 2. The first-order valence-electron chi connectivity index (χ1n) is 12.4. The summed E-state index contributed by atoms with van der Waals surface area (Å²) in [5.41, 5.74) is 2.95. The molecule has 1 aliphatic rings. The number of carbonyl (C=O) groups is 2. The van der Waals surface area contributed by atoms with Crippen molar-refractivity contribution in [3.05, 3.63) is 64.6 Å². The summed E-state index contributed by atoms with van der Waals surface area (Å²) in [7, 11) is 0. The van der Waals surface area contributed by atoms with E-state index in [0.29, 0.717) is 11.4 Å². The van der Waals surface area contributed by atoms with Gasteiger partial charge < -0.3 is 10.2 Å². The van der Waals surface area contributed by atoms with E-state index in [1.807, 2.05) is 61.5 Å². The van der Waals surface area contributed by atoms with E-state index in [4.69, 9.17) is 0 Å². The molecule has 0 spiro atoms. The number of rotatable bonds is 12. The molecule has 2 aromatic carbocycles. The van der Waals surface area contributed by atoms with Crippen LogP contribution in [-0.2, 0) is 9.59 Å². The highest BCUT2D eigenvalue weighted by Crippen LogP contribution is 2.41. The van der Waals surface area contributed by atoms with Gasteiger partial charge in [0.2, 0.25) is 5.91 Å². The predicted molar refractivity (Wildman–Crippen MR) is 143 cm³/mol. The molecule has 182 valence electrons. The van der Waals surface area contributed by atoms with Gasteiger partial charge >= 0.3 is 0 Å². The van der Waals surface area contributed by atoms with Gasteiger partial charge in [0.25, 0.3) is 5.91 Å². The van der Waals surface area contributed by atoms with Crippen molar-refractivity contribution in [2.75, 3.05) is 37.6 Å². The molecule has 6 heteroatoms. The third-order valence-electron chi connectivity index (χ3n) is 5.91. The largest absolute Gasteiger partial charge is 0.353 e. The molecule has 0 saturated carbocycles. The minimum Gasteiger partial charge on any atom is -0.353 e. The maximum atomic E-state index is 13.4. The number of aryl methyl sites for hydroxylation is 1. The van der Waals surface area contributed by atoms with E-state index in [1.54, 1.807) is 4.90 Å². The molecule has 0 radical (unpaired) electrons. The smallest absolute Gasteiger partial charge is 0.265 e. The summed E-state index contributed by atoms with van der Waals surface area (Å²) in [4.78, 5) is 31.8. The number of hydrogen-bond donors (Lipinski definition) is 1. The van der Waals surface area contributed by atoms with Gasteiger partial charge in [0.15, 0.2) is 0 Å². The van der Waals surface area contributed by atoms with Crippen molar-refractivity contribution in [3.8, 4) is 0 Å². The van der Waals surface area contributed by atoms with Crippen molar-refractivity contribution in [2.45, 2.75) is 51.3 Å². The lowest BCUT2D eigenvalue weighted by Crippen LogP contribution is -2.44. The van der Waals surface area contributed by atoms with Crippen LogP contribution in [-0.4, -0.2) is 49.4 Å². The fourth-order valence-corrected chi connectivity index (χ4v) is 4.94. The highest BCUT2D eigenvalue weighted by atomic mass is 32.2. The number of para-hydroxylation sites is 1. The van der Waals surface area contributed by atoms with Crippen LogP contribution in [0.15, 0.2) is 58.3 Å². The van der Waals surface area contributed by atoms with Gasteiger partial charge in [-0.05, 0) is 56.6 Å². The van der Waals surface area contributed by atoms with Crippen LogP contribution in [0.3, 0.4) is 0 Å². The second kappa shape index (κ2) is 13.4. The SMILES string of the molecule is CCCCN(CCCC)CCNC(=O)CN1C(=O)C(=Cc2ccc(C)cc2)Sc2ccccc21. The molecule has 2 amide bonds. The number of thioether (sulfide) groups is 1. The van der Waals surface area contributed by atoms with Crippen LogP contribution < -0.4 is 10.2 Å². The lowest BCUT2D eigenvalue weighted by molar-refractivity contribution is -0.122. The maximum absolute atomic E-state index is 13.4.